The fourth-order valence-electron chi connectivity index (χ4n) is 0.0552. The van der Waals surface area contributed by atoms with Crippen molar-refractivity contribution in [2.75, 3.05) is 0 Å². The Morgan fingerprint density at radius 1 is 1.86 bits per heavy atom. The summed E-state index contributed by atoms with van der Waals surface area (Å²) in [6, 6.07) is 0. The molecule has 0 fully saturated rings. The summed E-state index contributed by atoms with van der Waals surface area (Å²) in [5, 5.41) is 15.6. The van der Waals surface area contributed by atoms with Crippen molar-refractivity contribution in [3.05, 3.63) is 0 Å². The Labute approximate surface area is 44.7 Å². The molecule has 0 amide bonds. The van der Waals surface area contributed by atoms with Crippen molar-refractivity contribution in [3.63, 3.8) is 0 Å². The third kappa shape index (κ3) is 2.38. The number of aliphatic carboxylic acids is 1. The molecule has 0 aliphatic heterocycles. The normalized spacial score (nSPS) is 13.4. The predicted molar refractivity (Wildman–Crippen MR) is 22.2 cm³/mol. The van der Waals surface area contributed by atoms with Gasteiger partial charge in [-0.05, 0) is 0 Å². The standard InChI is InChI=1S/C2H4ClNO3/c3-1(4-7)2(5)6/h1,4,7H,(H,5,6). The molecular formula is C2H4ClNO3. The lowest BCUT2D eigenvalue weighted by atomic mass is 10.7. The van der Waals surface area contributed by atoms with Crippen LogP contribution in [0.3, 0.4) is 0 Å². The largest absolute Gasteiger partial charge is 0.479 e. The molecule has 0 radical (unpaired) electrons. The van der Waals surface area contributed by atoms with Crippen LogP contribution < -0.4 is 5.48 Å². The zero-order valence-electron chi connectivity index (χ0n) is 3.26. The van der Waals surface area contributed by atoms with Gasteiger partial charge < -0.3 is 10.3 Å². The minimum atomic E-state index is -1.40. The summed E-state index contributed by atoms with van der Waals surface area (Å²) in [6.07, 6.45) is 0. The van der Waals surface area contributed by atoms with Gasteiger partial charge in [-0.25, -0.2) is 4.79 Å². The average molecular weight is 126 g/mol. The van der Waals surface area contributed by atoms with Crippen LogP contribution in [-0.2, 0) is 4.79 Å². The highest BCUT2D eigenvalue weighted by molar-refractivity contribution is 6.29. The highest BCUT2D eigenvalue weighted by Gasteiger charge is 2.09. The first-order chi connectivity index (χ1) is 3.18. The van der Waals surface area contributed by atoms with E-state index in [1.807, 2.05) is 0 Å². The third-order valence-electron chi connectivity index (χ3n) is 0.330. The zero-order chi connectivity index (χ0) is 5.86. The van der Waals surface area contributed by atoms with Crippen LogP contribution in [0.1, 0.15) is 0 Å². The van der Waals surface area contributed by atoms with Crippen molar-refractivity contribution in [1.82, 2.24) is 5.48 Å². The SMILES string of the molecule is O=C(O)C(Cl)NO. The Morgan fingerprint density at radius 3 is 2.29 bits per heavy atom. The van der Waals surface area contributed by atoms with Crippen LogP contribution >= 0.6 is 11.6 Å². The van der Waals surface area contributed by atoms with Crippen molar-refractivity contribution in [3.8, 4) is 0 Å². The third-order valence-corrected chi connectivity index (χ3v) is 0.614. The van der Waals surface area contributed by atoms with Crippen LogP contribution in [-0.4, -0.2) is 21.8 Å². The molecule has 0 aromatic rings. The van der Waals surface area contributed by atoms with E-state index in [0.29, 0.717) is 0 Å². The molecule has 0 aromatic heterocycles. The lowest BCUT2D eigenvalue weighted by Crippen LogP contribution is -2.28. The summed E-state index contributed by atoms with van der Waals surface area (Å²) in [5.41, 5.74) is -0.0725. The zero-order valence-corrected chi connectivity index (χ0v) is 4.01. The lowest BCUT2D eigenvalue weighted by molar-refractivity contribution is -0.139. The molecule has 7 heavy (non-hydrogen) atoms. The highest BCUT2D eigenvalue weighted by Crippen LogP contribution is 1.85. The molecule has 0 rings (SSSR count). The second-order valence-corrected chi connectivity index (χ2v) is 1.27. The number of hydroxylamine groups is 1. The minimum Gasteiger partial charge on any atom is -0.479 e. The smallest absolute Gasteiger partial charge is 0.338 e. The maximum absolute atomic E-state index is 9.58. The summed E-state index contributed by atoms with van der Waals surface area (Å²) in [5.74, 6) is -1.30. The van der Waals surface area contributed by atoms with Crippen LogP contribution in [0.5, 0.6) is 0 Å². The van der Waals surface area contributed by atoms with Crippen LogP contribution in [0.2, 0.25) is 0 Å². The molecule has 0 aliphatic rings. The molecule has 5 heteroatoms. The summed E-state index contributed by atoms with van der Waals surface area (Å²) in [6.45, 7) is 0. The van der Waals surface area contributed by atoms with E-state index in [2.05, 4.69) is 0 Å². The molecule has 42 valence electrons. The summed E-state index contributed by atoms with van der Waals surface area (Å²) in [4.78, 5) is 9.58. The fraction of sp³-hybridized carbons (Fsp3) is 0.500. The molecule has 3 N–H and O–H groups in total. The van der Waals surface area contributed by atoms with Crippen molar-refractivity contribution in [2.45, 2.75) is 5.50 Å². The first kappa shape index (κ1) is 6.68. The van der Waals surface area contributed by atoms with E-state index in [-0.39, 0.29) is 0 Å². The number of carboxylic acids is 1. The van der Waals surface area contributed by atoms with E-state index in [4.69, 9.17) is 21.9 Å². The Balaban J connectivity index is 3.34. The summed E-state index contributed by atoms with van der Waals surface area (Å²) in [7, 11) is 0. The van der Waals surface area contributed by atoms with E-state index in [1.54, 1.807) is 0 Å². The molecule has 1 atom stereocenters. The first-order valence-corrected chi connectivity index (χ1v) is 1.88. The van der Waals surface area contributed by atoms with E-state index in [1.165, 1.54) is 5.48 Å². The second kappa shape index (κ2) is 2.79. The molecular weight excluding hydrogens is 121 g/mol. The Morgan fingerprint density at radius 2 is 2.29 bits per heavy atom. The number of carbonyl (C=O) groups is 1. The minimum absolute atomic E-state index is 1.30. The van der Waals surface area contributed by atoms with Crippen molar-refractivity contribution in [2.24, 2.45) is 0 Å². The highest BCUT2D eigenvalue weighted by atomic mass is 35.5. The number of carboxylic acid groups (broad SMARTS) is 1. The predicted octanol–water partition coefficient (Wildman–Crippen LogP) is -0.385. The molecule has 0 bridgehead atoms. The van der Waals surface area contributed by atoms with Gasteiger partial charge in [0.2, 0.25) is 5.50 Å². The number of halogens is 1. The van der Waals surface area contributed by atoms with Crippen molar-refractivity contribution < 1.29 is 15.1 Å². The first-order valence-electron chi connectivity index (χ1n) is 1.45. The van der Waals surface area contributed by atoms with E-state index < -0.39 is 11.5 Å². The quantitative estimate of drug-likeness (QED) is 0.267. The molecule has 0 spiro atoms. The van der Waals surface area contributed by atoms with Gasteiger partial charge >= 0.3 is 5.97 Å². The van der Waals surface area contributed by atoms with Gasteiger partial charge in [0, 0.05) is 0 Å². The topological polar surface area (TPSA) is 69.6 Å². The van der Waals surface area contributed by atoms with Crippen molar-refractivity contribution in [1.29, 1.82) is 0 Å². The van der Waals surface area contributed by atoms with Gasteiger partial charge in [-0.3, -0.25) is 0 Å². The molecule has 0 saturated heterocycles. The van der Waals surface area contributed by atoms with Gasteiger partial charge in [0.1, 0.15) is 0 Å². The number of nitrogens with one attached hydrogen (secondary N) is 1. The molecule has 0 aromatic carbocycles. The Kier molecular flexibility index (Phi) is 2.66. The van der Waals surface area contributed by atoms with Crippen LogP contribution in [0.25, 0.3) is 0 Å². The number of hydrogen-bond donors (Lipinski definition) is 3. The summed E-state index contributed by atoms with van der Waals surface area (Å²) < 4.78 is 0. The van der Waals surface area contributed by atoms with Gasteiger partial charge in [-0.15, -0.1) is 0 Å². The number of hydrogen-bond acceptors (Lipinski definition) is 3. The maximum atomic E-state index is 9.58. The Bertz CT molecular complexity index is 75.3. The molecule has 4 nitrogen and oxygen atoms in total. The molecule has 0 saturated carbocycles. The lowest BCUT2D eigenvalue weighted by Gasteiger charge is -1.95. The van der Waals surface area contributed by atoms with Gasteiger partial charge in [-0.2, -0.15) is 5.48 Å². The van der Waals surface area contributed by atoms with E-state index in [0.717, 1.165) is 0 Å². The van der Waals surface area contributed by atoms with E-state index in [9.17, 15) is 4.79 Å². The Hall–Kier alpha value is -0.320. The van der Waals surface area contributed by atoms with Crippen LogP contribution in [0, 0.1) is 0 Å². The second-order valence-electron chi connectivity index (χ2n) is 0.830. The fourth-order valence-corrected chi connectivity index (χ4v) is 0.0552. The average Bonchev–Trinajstić information content (AvgIpc) is 1.65. The van der Waals surface area contributed by atoms with Crippen molar-refractivity contribution >= 4 is 17.6 Å². The number of alkyl halides is 1. The van der Waals surface area contributed by atoms with Crippen LogP contribution in [0.15, 0.2) is 0 Å². The monoisotopic (exact) mass is 125 g/mol. The van der Waals surface area contributed by atoms with Gasteiger partial charge in [0.25, 0.3) is 0 Å². The van der Waals surface area contributed by atoms with E-state index >= 15 is 0 Å². The van der Waals surface area contributed by atoms with Gasteiger partial charge in [-0.1, -0.05) is 11.6 Å². The van der Waals surface area contributed by atoms with Gasteiger partial charge in [0.05, 0.1) is 0 Å². The molecule has 0 aliphatic carbocycles. The van der Waals surface area contributed by atoms with Crippen LogP contribution in [0.4, 0.5) is 0 Å². The molecule has 1 unspecified atom stereocenters. The van der Waals surface area contributed by atoms with Gasteiger partial charge in [0.15, 0.2) is 0 Å². The maximum Gasteiger partial charge on any atom is 0.338 e. The molecule has 0 heterocycles. The number of rotatable bonds is 2. The summed E-state index contributed by atoms with van der Waals surface area (Å²) >= 11 is 4.84.